The lowest BCUT2D eigenvalue weighted by Crippen LogP contribution is -2.49. The van der Waals surface area contributed by atoms with E-state index in [-0.39, 0.29) is 6.09 Å². The van der Waals surface area contributed by atoms with Gasteiger partial charge in [-0.1, -0.05) is 24.8 Å². The molecule has 0 N–H and O–H groups in total. The molecule has 22 heavy (non-hydrogen) atoms. The summed E-state index contributed by atoms with van der Waals surface area (Å²) in [5, 5.41) is 0. The van der Waals surface area contributed by atoms with Gasteiger partial charge in [0, 0.05) is 42.8 Å². The van der Waals surface area contributed by atoms with E-state index >= 15 is 0 Å². The molecule has 3 heterocycles. The number of anilines is 1. The molecule has 0 unspecified atom stereocenters. The summed E-state index contributed by atoms with van der Waals surface area (Å²) >= 11 is 0. The van der Waals surface area contributed by atoms with Crippen LogP contribution in [0.2, 0.25) is 0 Å². The molecular formula is C18H22N2O2. The number of carbonyl (C=O) groups is 1. The van der Waals surface area contributed by atoms with Gasteiger partial charge in [0.05, 0.1) is 6.61 Å². The molecule has 1 fully saturated rings. The van der Waals surface area contributed by atoms with Crippen LogP contribution in [0.5, 0.6) is 0 Å². The largest absolute Gasteiger partial charge is 0.450 e. The number of benzene rings is 1. The fourth-order valence-electron chi connectivity index (χ4n) is 4.30. The van der Waals surface area contributed by atoms with Gasteiger partial charge in [0.25, 0.3) is 0 Å². The van der Waals surface area contributed by atoms with Crippen molar-refractivity contribution in [3.63, 3.8) is 0 Å². The van der Waals surface area contributed by atoms with Crippen molar-refractivity contribution >= 4 is 17.4 Å². The van der Waals surface area contributed by atoms with Crippen LogP contribution in [0.15, 0.2) is 24.8 Å². The van der Waals surface area contributed by atoms with Gasteiger partial charge < -0.3 is 14.5 Å². The molecule has 0 radical (unpaired) electrons. The number of nitrogens with zero attached hydrogens (tertiary/aromatic N) is 2. The van der Waals surface area contributed by atoms with Crippen molar-refractivity contribution in [1.82, 2.24) is 4.90 Å². The second-order valence-electron chi connectivity index (χ2n) is 6.40. The maximum atomic E-state index is 12.1. The summed E-state index contributed by atoms with van der Waals surface area (Å²) in [6.07, 6.45) is 1.89. The lowest BCUT2D eigenvalue weighted by atomic mass is 9.88. The quantitative estimate of drug-likeness (QED) is 0.798. The molecule has 0 saturated carbocycles. The van der Waals surface area contributed by atoms with E-state index in [2.05, 4.69) is 29.7 Å². The first-order valence-corrected chi connectivity index (χ1v) is 8.20. The SMILES string of the molecule is C=C1CCN2c3c1cccc3[C@@H]1CN(C(=O)OCC)CC[C@@H]12. The summed E-state index contributed by atoms with van der Waals surface area (Å²) in [6.45, 7) is 9.15. The van der Waals surface area contributed by atoms with E-state index in [9.17, 15) is 4.79 Å². The van der Waals surface area contributed by atoms with Crippen LogP contribution in [0.3, 0.4) is 0 Å². The molecule has 1 aromatic rings. The van der Waals surface area contributed by atoms with Crippen LogP contribution >= 0.6 is 0 Å². The van der Waals surface area contributed by atoms with Gasteiger partial charge in [-0.05, 0) is 30.9 Å². The molecule has 116 valence electrons. The first-order chi connectivity index (χ1) is 10.7. The monoisotopic (exact) mass is 298 g/mol. The van der Waals surface area contributed by atoms with Crippen molar-refractivity contribution in [2.45, 2.75) is 31.7 Å². The van der Waals surface area contributed by atoms with Crippen molar-refractivity contribution in [2.75, 3.05) is 31.1 Å². The maximum Gasteiger partial charge on any atom is 0.409 e. The zero-order valence-corrected chi connectivity index (χ0v) is 13.0. The highest BCUT2D eigenvalue weighted by Gasteiger charge is 2.45. The van der Waals surface area contributed by atoms with Crippen molar-refractivity contribution in [1.29, 1.82) is 0 Å². The second kappa shape index (κ2) is 5.04. The molecule has 1 aromatic carbocycles. The Morgan fingerprint density at radius 3 is 3.09 bits per heavy atom. The highest BCUT2D eigenvalue weighted by Crippen LogP contribution is 2.50. The Morgan fingerprint density at radius 2 is 2.27 bits per heavy atom. The number of hydrogen-bond donors (Lipinski definition) is 0. The van der Waals surface area contributed by atoms with Crippen molar-refractivity contribution in [3.05, 3.63) is 35.9 Å². The molecule has 0 aromatic heterocycles. The normalized spacial score (nSPS) is 25.8. The molecule has 2 atom stereocenters. The van der Waals surface area contributed by atoms with E-state index in [1.807, 2.05) is 11.8 Å². The fourth-order valence-corrected chi connectivity index (χ4v) is 4.30. The van der Waals surface area contributed by atoms with Crippen LogP contribution in [0, 0.1) is 0 Å². The molecule has 0 aliphatic carbocycles. The molecule has 0 spiro atoms. The Morgan fingerprint density at radius 1 is 1.41 bits per heavy atom. The predicted octanol–water partition coefficient (Wildman–Crippen LogP) is 3.24. The van der Waals surface area contributed by atoms with Crippen molar-refractivity contribution in [3.8, 4) is 0 Å². The summed E-state index contributed by atoms with van der Waals surface area (Å²) < 4.78 is 5.18. The van der Waals surface area contributed by atoms with Crippen LogP contribution in [0.25, 0.3) is 5.57 Å². The van der Waals surface area contributed by atoms with E-state index in [0.717, 1.165) is 32.5 Å². The number of rotatable bonds is 1. The number of ether oxygens (including phenoxy) is 1. The molecule has 0 bridgehead atoms. The van der Waals surface area contributed by atoms with Crippen LogP contribution in [-0.2, 0) is 4.74 Å². The summed E-state index contributed by atoms with van der Waals surface area (Å²) in [4.78, 5) is 16.5. The van der Waals surface area contributed by atoms with E-state index in [0.29, 0.717) is 18.6 Å². The van der Waals surface area contributed by atoms with Crippen LogP contribution < -0.4 is 4.90 Å². The summed E-state index contributed by atoms with van der Waals surface area (Å²) in [5.74, 6) is 0.402. The molecule has 4 rings (SSSR count). The Balaban J connectivity index is 1.68. The fraction of sp³-hybridized carbons (Fsp3) is 0.500. The van der Waals surface area contributed by atoms with E-state index in [1.165, 1.54) is 22.4 Å². The maximum absolute atomic E-state index is 12.1. The average molecular weight is 298 g/mol. The minimum absolute atomic E-state index is 0.170. The van der Waals surface area contributed by atoms with Gasteiger partial charge in [0.2, 0.25) is 0 Å². The summed E-state index contributed by atoms with van der Waals surface area (Å²) in [6, 6.07) is 7.07. The van der Waals surface area contributed by atoms with Gasteiger partial charge in [-0.2, -0.15) is 0 Å². The zero-order valence-electron chi connectivity index (χ0n) is 13.0. The Kier molecular flexibility index (Phi) is 3.13. The van der Waals surface area contributed by atoms with Gasteiger partial charge in [-0.15, -0.1) is 0 Å². The topological polar surface area (TPSA) is 32.8 Å². The highest BCUT2D eigenvalue weighted by atomic mass is 16.6. The van der Waals surface area contributed by atoms with Crippen molar-refractivity contribution < 1.29 is 9.53 Å². The molecule has 1 saturated heterocycles. The summed E-state index contributed by atoms with van der Waals surface area (Å²) in [5.41, 5.74) is 5.31. The van der Waals surface area contributed by atoms with E-state index in [4.69, 9.17) is 4.74 Å². The third kappa shape index (κ3) is 1.86. The van der Waals surface area contributed by atoms with Crippen molar-refractivity contribution in [2.24, 2.45) is 0 Å². The lowest BCUT2D eigenvalue weighted by molar-refractivity contribution is 0.0934. The van der Waals surface area contributed by atoms with Crippen LogP contribution in [-0.4, -0.2) is 43.3 Å². The highest BCUT2D eigenvalue weighted by molar-refractivity contribution is 5.84. The van der Waals surface area contributed by atoms with Crippen LogP contribution in [0.4, 0.5) is 10.5 Å². The van der Waals surface area contributed by atoms with Crippen LogP contribution in [0.1, 0.15) is 36.8 Å². The smallest absolute Gasteiger partial charge is 0.409 e. The average Bonchev–Trinajstić information content (AvgIpc) is 2.86. The molecule has 3 aliphatic rings. The molecule has 4 nitrogen and oxygen atoms in total. The number of fused-ring (bicyclic) bond motifs is 3. The first-order valence-electron chi connectivity index (χ1n) is 8.20. The number of piperidine rings is 1. The van der Waals surface area contributed by atoms with Gasteiger partial charge >= 0.3 is 6.09 Å². The van der Waals surface area contributed by atoms with Gasteiger partial charge in [-0.25, -0.2) is 4.79 Å². The molecule has 3 aliphatic heterocycles. The van der Waals surface area contributed by atoms with E-state index < -0.39 is 0 Å². The second-order valence-corrected chi connectivity index (χ2v) is 6.40. The minimum Gasteiger partial charge on any atom is -0.450 e. The van der Waals surface area contributed by atoms with Gasteiger partial charge in [0.1, 0.15) is 0 Å². The predicted molar refractivity (Wildman–Crippen MR) is 87.2 cm³/mol. The molecule has 1 amide bonds. The number of para-hydroxylation sites is 1. The summed E-state index contributed by atoms with van der Waals surface area (Å²) in [7, 11) is 0. The lowest BCUT2D eigenvalue weighted by Gasteiger charge is -2.39. The molecular weight excluding hydrogens is 276 g/mol. The standard InChI is InChI=1S/C18H22N2O2/c1-3-22-18(21)19-9-8-16-15(11-19)14-6-4-5-13-12(2)7-10-20(16)17(13)14/h4-6,15-16H,2-3,7-11H2,1H3/t15-,16-/m0/s1. The number of hydrogen-bond acceptors (Lipinski definition) is 3. The Bertz CT molecular complexity index is 640. The Hall–Kier alpha value is -1.97. The van der Waals surface area contributed by atoms with E-state index in [1.54, 1.807) is 0 Å². The Labute approximate surface area is 131 Å². The molecule has 4 heteroatoms. The number of likely N-dealkylation sites (tertiary alicyclic amines) is 1. The first kappa shape index (κ1) is 13.7. The number of carbonyl (C=O) groups excluding carboxylic acids is 1. The van der Waals surface area contributed by atoms with Gasteiger partial charge in [0.15, 0.2) is 0 Å². The number of amides is 1. The minimum atomic E-state index is -0.170. The van der Waals surface area contributed by atoms with Gasteiger partial charge in [-0.3, -0.25) is 0 Å². The third-order valence-electron chi connectivity index (χ3n) is 5.29. The zero-order chi connectivity index (χ0) is 15.3. The third-order valence-corrected chi connectivity index (χ3v) is 5.29.